The number of hydrogen-bond donors (Lipinski definition) is 3. The van der Waals surface area contributed by atoms with Crippen molar-refractivity contribution in [3.8, 4) is 0 Å². The van der Waals surface area contributed by atoms with Crippen LogP contribution in [-0.2, 0) is 0 Å². The van der Waals surface area contributed by atoms with Gasteiger partial charge in [-0.1, -0.05) is 13.8 Å². The van der Waals surface area contributed by atoms with Crippen molar-refractivity contribution >= 4 is 24.2 Å². The first-order valence-corrected chi connectivity index (χ1v) is 6.56. The molecule has 16 heavy (non-hydrogen) atoms. The van der Waals surface area contributed by atoms with Gasteiger partial charge in [-0.05, 0) is 13.1 Å². The number of nitrogens with zero attached hydrogens (tertiary/aromatic N) is 1. The van der Waals surface area contributed by atoms with Crippen LogP contribution in [0.5, 0.6) is 0 Å². The molecule has 2 unspecified atom stereocenters. The van der Waals surface area contributed by atoms with Gasteiger partial charge >= 0.3 is 0 Å². The van der Waals surface area contributed by atoms with E-state index in [1.54, 1.807) is 0 Å². The maximum Gasteiger partial charge on any atom is 0.0861 e. The van der Waals surface area contributed by atoms with Gasteiger partial charge in [-0.2, -0.15) is 11.8 Å². The molecule has 0 radical (unpaired) electrons. The molecular weight excluding hydrogens is 250 g/mol. The van der Waals surface area contributed by atoms with Crippen LogP contribution in [0.1, 0.15) is 13.8 Å². The van der Waals surface area contributed by atoms with Crippen LogP contribution < -0.4 is 0 Å². The minimum absolute atomic E-state index is 0. The van der Waals surface area contributed by atoms with Gasteiger partial charge in [0, 0.05) is 18.1 Å². The van der Waals surface area contributed by atoms with Crippen LogP contribution in [0, 0.1) is 0 Å². The van der Waals surface area contributed by atoms with Crippen molar-refractivity contribution < 1.29 is 15.3 Å². The molecule has 2 atom stereocenters. The third kappa shape index (κ3) is 9.69. The monoisotopic (exact) mass is 273 g/mol. The second-order valence-electron chi connectivity index (χ2n) is 3.51. The third-order valence-corrected chi connectivity index (χ3v) is 3.44. The Morgan fingerprint density at radius 2 is 1.56 bits per heavy atom. The quantitative estimate of drug-likeness (QED) is 0.560. The number of hydrogen-bond acceptors (Lipinski definition) is 5. The standard InChI is InChI=1S/C10H23NO3S.ClH/c1-3-11(4-2)5-9(13)7-15-8-10(14)6-12;/h9-10,12-14H,3-8H2,1-2H3;1H. The molecule has 0 aromatic carbocycles. The molecule has 0 bridgehead atoms. The van der Waals surface area contributed by atoms with Crippen LogP contribution in [0.15, 0.2) is 0 Å². The van der Waals surface area contributed by atoms with Crippen molar-refractivity contribution in [3.05, 3.63) is 0 Å². The van der Waals surface area contributed by atoms with Gasteiger partial charge in [0.2, 0.25) is 0 Å². The van der Waals surface area contributed by atoms with Crippen LogP contribution in [0.25, 0.3) is 0 Å². The molecule has 0 rings (SSSR count). The molecule has 0 fully saturated rings. The lowest BCUT2D eigenvalue weighted by molar-refractivity contribution is 0.113. The summed E-state index contributed by atoms with van der Waals surface area (Å²) in [4.78, 5) is 2.16. The van der Waals surface area contributed by atoms with Gasteiger partial charge in [0.1, 0.15) is 0 Å². The first-order valence-electron chi connectivity index (χ1n) is 5.41. The SMILES string of the molecule is CCN(CC)CC(O)CSCC(O)CO.Cl. The molecular formula is C10H24ClNO3S. The Balaban J connectivity index is 0. The van der Waals surface area contributed by atoms with Crippen molar-refractivity contribution in [2.24, 2.45) is 0 Å². The van der Waals surface area contributed by atoms with Gasteiger partial charge < -0.3 is 20.2 Å². The summed E-state index contributed by atoms with van der Waals surface area (Å²) in [6, 6.07) is 0. The van der Waals surface area contributed by atoms with Gasteiger partial charge in [0.25, 0.3) is 0 Å². The maximum absolute atomic E-state index is 9.66. The van der Waals surface area contributed by atoms with E-state index in [2.05, 4.69) is 18.7 Å². The molecule has 100 valence electrons. The molecule has 0 aliphatic carbocycles. The fourth-order valence-corrected chi connectivity index (χ4v) is 2.12. The van der Waals surface area contributed by atoms with Crippen molar-refractivity contribution in [2.45, 2.75) is 26.1 Å². The van der Waals surface area contributed by atoms with Crippen LogP contribution in [0.4, 0.5) is 0 Å². The fraction of sp³-hybridized carbons (Fsp3) is 1.00. The second kappa shape index (κ2) is 12.0. The van der Waals surface area contributed by atoms with Crippen molar-refractivity contribution in [3.63, 3.8) is 0 Å². The van der Waals surface area contributed by atoms with Crippen LogP contribution >= 0.6 is 24.2 Å². The van der Waals surface area contributed by atoms with E-state index in [0.29, 0.717) is 18.1 Å². The lowest BCUT2D eigenvalue weighted by Gasteiger charge is -2.21. The minimum atomic E-state index is -0.671. The van der Waals surface area contributed by atoms with E-state index in [1.165, 1.54) is 11.8 Å². The second-order valence-corrected chi connectivity index (χ2v) is 4.59. The summed E-state index contributed by atoms with van der Waals surface area (Å²) in [6.45, 7) is 6.49. The lowest BCUT2D eigenvalue weighted by Crippen LogP contribution is -2.33. The Bertz CT molecular complexity index is 150. The predicted octanol–water partition coefficient (Wildman–Crippen LogP) is 0.197. The highest BCUT2D eigenvalue weighted by Crippen LogP contribution is 2.06. The number of rotatable bonds is 9. The van der Waals surface area contributed by atoms with Gasteiger partial charge in [-0.15, -0.1) is 12.4 Å². The summed E-state index contributed by atoms with van der Waals surface area (Å²) >= 11 is 1.47. The molecule has 0 aromatic heterocycles. The summed E-state index contributed by atoms with van der Waals surface area (Å²) in [5, 5.41) is 27.3. The maximum atomic E-state index is 9.66. The Labute approximate surface area is 108 Å². The Kier molecular flexibility index (Phi) is 14.1. The van der Waals surface area contributed by atoms with Gasteiger partial charge in [-0.3, -0.25) is 0 Å². The molecule has 3 N–H and O–H groups in total. The van der Waals surface area contributed by atoms with E-state index in [0.717, 1.165) is 13.1 Å². The first-order chi connectivity index (χ1) is 7.13. The molecule has 4 nitrogen and oxygen atoms in total. The normalized spacial score (nSPS) is 14.6. The summed E-state index contributed by atoms with van der Waals surface area (Å²) in [5.74, 6) is 1.08. The zero-order valence-electron chi connectivity index (χ0n) is 10.0. The average molecular weight is 274 g/mol. The number of likely N-dealkylation sites (N-methyl/N-ethyl adjacent to an activating group) is 1. The van der Waals surface area contributed by atoms with E-state index in [-0.39, 0.29) is 25.1 Å². The van der Waals surface area contributed by atoms with E-state index in [9.17, 15) is 5.11 Å². The molecule has 0 aliphatic heterocycles. The highest BCUT2D eigenvalue weighted by molar-refractivity contribution is 7.99. The van der Waals surface area contributed by atoms with Gasteiger partial charge in [0.05, 0.1) is 18.8 Å². The molecule has 0 aliphatic rings. The number of aliphatic hydroxyl groups excluding tert-OH is 3. The summed E-state index contributed by atoms with van der Waals surface area (Å²) in [6.07, 6.45) is -1.03. The van der Waals surface area contributed by atoms with Crippen molar-refractivity contribution in [1.82, 2.24) is 4.90 Å². The van der Waals surface area contributed by atoms with Crippen molar-refractivity contribution in [1.29, 1.82) is 0 Å². The van der Waals surface area contributed by atoms with E-state index in [4.69, 9.17) is 10.2 Å². The highest BCUT2D eigenvalue weighted by Gasteiger charge is 2.10. The zero-order chi connectivity index (χ0) is 11.7. The third-order valence-electron chi connectivity index (χ3n) is 2.19. The van der Waals surface area contributed by atoms with Crippen molar-refractivity contribution in [2.75, 3.05) is 37.7 Å². The number of aliphatic hydroxyl groups is 3. The van der Waals surface area contributed by atoms with E-state index >= 15 is 0 Å². The average Bonchev–Trinajstić information content (AvgIpc) is 2.25. The Morgan fingerprint density at radius 3 is 2.00 bits per heavy atom. The van der Waals surface area contributed by atoms with Crippen LogP contribution in [-0.4, -0.2) is 70.2 Å². The lowest BCUT2D eigenvalue weighted by atomic mass is 10.3. The number of thioether (sulfide) groups is 1. The largest absolute Gasteiger partial charge is 0.394 e. The molecule has 0 saturated heterocycles. The molecule has 0 spiro atoms. The van der Waals surface area contributed by atoms with E-state index in [1.807, 2.05) is 0 Å². The summed E-state index contributed by atoms with van der Waals surface area (Å²) in [5.41, 5.74) is 0. The first kappa shape index (κ1) is 18.8. The van der Waals surface area contributed by atoms with E-state index < -0.39 is 6.10 Å². The smallest absolute Gasteiger partial charge is 0.0861 e. The molecule has 6 heteroatoms. The number of halogens is 1. The molecule has 0 aromatic rings. The molecule has 0 heterocycles. The summed E-state index contributed by atoms with van der Waals surface area (Å²) < 4.78 is 0. The predicted molar refractivity (Wildman–Crippen MR) is 71.5 cm³/mol. The topological polar surface area (TPSA) is 63.9 Å². The van der Waals surface area contributed by atoms with Crippen LogP contribution in [0.3, 0.4) is 0 Å². The van der Waals surface area contributed by atoms with Gasteiger partial charge in [-0.25, -0.2) is 0 Å². The highest BCUT2D eigenvalue weighted by atomic mass is 35.5. The zero-order valence-corrected chi connectivity index (χ0v) is 11.6. The fourth-order valence-electron chi connectivity index (χ4n) is 1.23. The molecule has 0 amide bonds. The Hall–Kier alpha value is 0.480. The molecule has 0 saturated carbocycles. The minimum Gasteiger partial charge on any atom is -0.394 e. The van der Waals surface area contributed by atoms with Gasteiger partial charge in [0.15, 0.2) is 0 Å². The van der Waals surface area contributed by atoms with Crippen LogP contribution in [0.2, 0.25) is 0 Å². The Morgan fingerprint density at radius 1 is 1.06 bits per heavy atom. The summed E-state index contributed by atoms with van der Waals surface area (Å²) in [7, 11) is 0.